The van der Waals surface area contributed by atoms with Crippen molar-refractivity contribution in [1.29, 1.82) is 0 Å². The second-order valence-electron chi connectivity index (χ2n) is 4.27. The number of morpholine rings is 1. The maximum Gasteiger partial charge on any atom is 0.330 e. The quantitative estimate of drug-likeness (QED) is 0.634. The Kier molecular flexibility index (Phi) is 3.61. The van der Waals surface area contributed by atoms with E-state index in [0.29, 0.717) is 13.2 Å². The van der Waals surface area contributed by atoms with Gasteiger partial charge in [0.05, 0.1) is 13.2 Å². The molecule has 0 saturated carbocycles. The number of ether oxygens (including phenoxy) is 1. The third-order valence-corrected chi connectivity index (χ3v) is 4.88. The van der Waals surface area contributed by atoms with Crippen molar-refractivity contribution in [3.05, 3.63) is 27.0 Å². The maximum atomic E-state index is 12.4. The molecule has 1 aliphatic heterocycles. The summed E-state index contributed by atoms with van der Waals surface area (Å²) in [6.45, 7) is 0.999. The summed E-state index contributed by atoms with van der Waals surface area (Å²) >= 11 is 0. The summed E-state index contributed by atoms with van der Waals surface area (Å²) in [6, 6.07) is 0. The zero-order chi connectivity index (χ0) is 14.2. The topological polar surface area (TPSA) is 90.6 Å². The largest absolute Gasteiger partial charge is 0.379 e. The Morgan fingerprint density at radius 2 is 1.74 bits per heavy atom. The lowest BCUT2D eigenvalue weighted by atomic mass is 10.5. The molecule has 1 fully saturated rings. The van der Waals surface area contributed by atoms with Gasteiger partial charge in [0.15, 0.2) is 4.90 Å². The molecule has 1 aliphatic rings. The average molecular weight is 289 g/mol. The van der Waals surface area contributed by atoms with Gasteiger partial charge in [0.2, 0.25) is 10.0 Å². The van der Waals surface area contributed by atoms with Gasteiger partial charge in [-0.3, -0.25) is 9.36 Å². The average Bonchev–Trinajstić information content (AvgIpc) is 2.41. The van der Waals surface area contributed by atoms with E-state index in [1.165, 1.54) is 18.4 Å². The van der Waals surface area contributed by atoms with Gasteiger partial charge in [-0.15, -0.1) is 0 Å². The molecule has 9 heteroatoms. The van der Waals surface area contributed by atoms with Gasteiger partial charge in [-0.25, -0.2) is 13.2 Å². The van der Waals surface area contributed by atoms with Crippen LogP contribution in [-0.4, -0.2) is 48.2 Å². The highest BCUT2D eigenvalue weighted by atomic mass is 32.2. The summed E-state index contributed by atoms with van der Waals surface area (Å²) in [6.07, 6.45) is 1.06. The molecular formula is C10H15N3O5S. The number of rotatable bonds is 2. The number of aromatic nitrogens is 2. The third-order valence-electron chi connectivity index (χ3n) is 3.00. The number of nitrogens with zero attached hydrogens (tertiary/aromatic N) is 3. The van der Waals surface area contributed by atoms with Crippen molar-refractivity contribution in [2.45, 2.75) is 4.90 Å². The first kappa shape index (κ1) is 14.0. The summed E-state index contributed by atoms with van der Waals surface area (Å²) in [5.41, 5.74) is -1.37. The van der Waals surface area contributed by atoms with Crippen LogP contribution in [0.1, 0.15) is 0 Å². The van der Waals surface area contributed by atoms with Crippen LogP contribution < -0.4 is 11.2 Å². The van der Waals surface area contributed by atoms with E-state index in [4.69, 9.17) is 4.74 Å². The lowest BCUT2D eigenvalue weighted by molar-refractivity contribution is 0.0729. The van der Waals surface area contributed by atoms with Gasteiger partial charge in [-0.05, 0) is 0 Å². The molecule has 0 spiro atoms. The van der Waals surface area contributed by atoms with E-state index in [1.807, 2.05) is 0 Å². The molecule has 8 nitrogen and oxygen atoms in total. The van der Waals surface area contributed by atoms with E-state index in [-0.39, 0.29) is 18.0 Å². The Bertz CT molecular complexity index is 697. The van der Waals surface area contributed by atoms with Crippen molar-refractivity contribution in [3.8, 4) is 0 Å². The Morgan fingerprint density at radius 3 is 2.32 bits per heavy atom. The van der Waals surface area contributed by atoms with Crippen molar-refractivity contribution >= 4 is 10.0 Å². The third kappa shape index (κ3) is 2.36. The number of hydrogen-bond donors (Lipinski definition) is 0. The molecule has 0 aromatic carbocycles. The first-order valence-corrected chi connectivity index (χ1v) is 7.14. The monoisotopic (exact) mass is 289 g/mol. The Morgan fingerprint density at radius 1 is 1.16 bits per heavy atom. The van der Waals surface area contributed by atoms with Crippen LogP contribution in [-0.2, 0) is 28.9 Å². The second-order valence-corrected chi connectivity index (χ2v) is 6.17. The minimum atomic E-state index is -3.89. The lowest BCUT2D eigenvalue weighted by Gasteiger charge is -2.25. The standard InChI is InChI=1S/C10H15N3O5S/c1-11-7-8(9(14)12(2)10(11)15)19(16,17)13-3-5-18-6-4-13/h7H,3-6H2,1-2H3. The van der Waals surface area contributed by atoms with Crippen molar-refractivity contribution in [3.63, 3.8) is 0 Å². The van der Waals surface area contributed by atoms with Gasteiger partial charge in [0, 0.05) is 33.4 Å². The van der Waals surface area contributed by atoms with Crippen LogP contribution in [0.3, 0.4) is 0 Å². The summed E-state index contributed by atoms with van der Waals surface area (Å²) in [5, 5.41) is 0. The highest BCUT2D eigenvalue weighted by molar-refractivity contribution is 7.89. The normalized spacial score (nSPS) is 17.6. The lowest BCUT2D eigenvalue weighted by Crippen LogP contribution is -2.45. The SMILES string of the molecule is Cn1cc(S(=O)(=O)N2CCOCC2)c(=O)n(C)c1=O. The molecule has 1 saturated heterocycles. The van der Waals surface area contributed by atoms with Gasteiger partial charge >= 0.3 is 5.69 Å². The van der Waals surface area contributed by atoms with E-state index in [1.54, 1.807) is 0 Å². The number of aryl methyl sites for hydroxylation is 1. The molecule has 0 aliphatic carbocycles. The molecule has 0 amide bonds. The molecule has 2 heterocycles. The predicted octanol–water partition coefficient (Wildman–Crippen LogP) is -1.90. The van der Waals surface area contributed by atoms with E-state index >= 15 is 0 Å². The van der Waals surface area contributed by atoms with Crippen molar-refractivity contribution in [2.75, 3.05) is 26.3 Å². The number of sulfonamides is 1. The summed E-state index contributed by atoms with van der Waals surface area (Å²) < 4.78 is 32.9. The highest BCUT2D eigenvalue weighted by Gasteiger charge is 2.30. The zero-order valence-corrected chi connectivity index (χ0v) is 11.5. The fourth-order valence-corrected chi connectivity index (χ4v) is 3.43. The van der Waals surface area contributed by atoms with Crippen LogP contribution in [0.15, 0.2) is 20.7 Å². The highest BCUT2D eigenvalue weighted by Crippen LogP contribution is 2.12. The molecule has 1 aromatic heterocycles. The summed E-state index contributed by atoms with van der Waals surface area (Å²) in [5.74, 6) is 0. The number of hydrogen-bond acceptors (Lipinski definition) is 5. The predicted molar refractivity (Wildman–Crippen MR) is 66.5 cm³/mol. The summed E-state index contributed by atoms with van der Waals surface area (Å²) in [7, 11) is -1.24. The van der Waals surface area contributed by atoms with Crippen LogP contribution >= 0.6 is 0 Å². The Labute approximate surface area is 109 Å². The van der Waals surface area contributed by atoms with Gasteiger partial charge in [-0.1, -0.05) is 0 Å². The minimum Gasteiger partial charge on any atom is -0.379 e. The van der Waals surface area contributed by atoms with Crippen molar-refractivity contribution < 1.29 is 13.2 Å². The van der Waals surface area contributed by atoms with Crippen molar-refractivity contribution in [2.24, 2.45) is 14.1 Å². The summed E-state index contributed by atoms with van der Waals surface area (Å²) in [4.78, 5) is 23.1. The van der Waals surface area contributed by atoms with E-state index in [9.17, 15) is 18.0 Å². The van der Waals surface area contributed by atoms with Gasteiger partial charge < -0.3 is 9.30 Å². The van der Waals surface area contributed by atoms with E-state index < -0.39 is 21.3 Å². The molecular weight excluding hydrogens is 274 g/mol. The first-order valence-electron chi connectivity index (χ1n) is 5.70. The molecule has 1 aromatic rings. The van der Waals surface area contributed by atoms with Crippen LogP contribution in [0, 0.1) is 0 Å². The fraction of sp³-hybridized carbons (Fsp3) is 0.600. The molecule has 2 rings (SSSR count). The van der Waals surface area contributed by atoms with Crippen LogP contribution in [0.5, 0.6) is 0 Å². The van der Waals surface area contributed by atoms with Gasteiger partial charge in [-0.2, -0.15) is 4.31 Å². The molecule has 19 heavy (non-hydrogen) atoms. The second kappa shape index (κ2) is 4.91. The van der Waals surface area contributed by atoms with Crippen LogP contribution in [0.2, 0.25) is 0 Å². The minimum absolute atomic E-state index is 0.203. The molecule has 0 radical (unpaired) electrons. The van der Waals surface area contributed by atoms with Gasteiger partial charge in [0.25, 0.3) is 5.56 Å². The zero-order valence-electron chi connectivity index (χ0n) is 10.7. The molecule has 0 unspecified atom stereocenters. The van der Waals surface area contributed by atoms with Gasteiger partial charge in [0.1, 0.15) is 0 Å². The first-order chi connectivity index (χ1) is 8.85. The Balaban J connectivity index is 2.58. The van der Waals surface area contributed by atoms with Crippen molar-refractivity contribution in [1.82, 2.24) is 13.4 Å². The van der Waals surface area contributed by atoms with Crippen LogP contribution in [0.4, 0.5) is 0 Å². The smallest absolute Gasteiger partial charge is 0.330 e. The molecule has 0 N–H and O–H groups in total. The fourth-order valence-electron chi connectivity index (χ4n) is 1.88. The maximum absolute atomic E-state index is 12.4. The van der Waals surface area contributed by atoms with Crippen LogP contribution in [0.25, 0.3) is 0 Å². The van der Waals surface area contributed by atoms with E-state index in [2.05, 4.69) is 0 Å². The van der Waals surface area contributed by atoms with E-state index in [0.717, 1.165) is 15.3 Å². The molecule has 106 valence electrons. The Hall–Kier alpha value is -1.45. The molecule has 0 bridgehead atoms. The molecule has 0 atom stereocenters.